The van der Waals surface area contributed by atoms with Gasteiger partial charge in [0.25, 0.3) is 5.52 Å². The predicted octanol–water partition coefficient (Wildman–Crippen LogP) is 5.03. The number of rotatable bonds is 12. The average Bonchev–Trinajstić information content (AvgIpc) is 2.91. The molecule has 0 aliphatic heterocycles. The molecule has 0 saturated heterocycles. The zero-order chi connectivity index (χ0) is 26.2. The summed E-state index contributed by atoms with van der Waals surface area (Å²) in [6, 6.07) is 14.3. The Balaban J connectivity index is 2.13. The number of benzene rings is 3. The lowest BCUT2D eigenvalue weighted by molar-refractivity contribution is 0.103. The highest BCUT2D eigenvalue weighted by Gasteiger charge is 2.31. The summed E-state index contributed by atoms with van der Waals surface area (Å²) in [7, 11) is 1.49. The van der Waals surface area contributed by atoms with Gasteiger partial charge in [0.05, 0.1) is 39.8 Å². The Morgan fingerprint density at radius 3 is 1.78 bits per heavy atom. The van der Waals surface area contributed by atoms with Gasteiger partial charge in [-0.2, -0.15) is 0 Å². The van der Waals surface area contributed by atoms with Crippen LogP contribution in [0.5, 0.6) is 28.7 Å². The molecule has 0 heterocycles. The summed E-state index contributed by atoms with van der Waals surface area (Å²) in [6.07, 6.45) is 0. The molecule has 3 rings (SSSR count). The van der Waals surface area contributed by atoms with Crippen LogP contribution in [0.25, 0.3) is 0 Å². The lowest BCUT2D eigenvalue weighted by atomic mass is 10.0. The third-order valence-electron chi connectivity index (χ3n) is 5.30. The molecule has 0 fully saturated rings. The normalized spacial score (nSPS) is 10.9. The fourth-order valence-electron chi connectivity index (χ4n) is 3.69. The average molecular weight is 511 g/mol. The van der Waals surface area contributed by atoms with Crippen molar-refractivity contribution in [1.82, 2.24) is 0 Å². The van der Waals surface area contributed by atoms with E-state index in [2.05, 4.69) is 0 Å². The summed E-state index contributed by atoms with van der Waals surface area (Å²) < 4.78 is 41.0. The van der Waals surface area contributed by atoms with Crippen LogP contribution in [0.1, 0.15) is 40.1 Å². The molecule has 0 bridgehead atoms. The molecule has 9 heteroatoms. The topological polar surface area (TPSA) is 97.4 Å². The van der Waals surface area contributed by atoms with Crippen molar-refractivity contribution in [3.05, 3.63) is 71.3 Å². The Bertz CT molecular complexity index is 1240. The van der Waals surface area contributed by atoms with Crippen molar-refractivity contribution in [2.24, 2.45) is 0 Å². The first-order valence-corrected chi connectivity index (χ1v) is 12.5. The quantitative estimate of drug-likeness (QED) is 0.247. The van der Waals surface area contributed by atoms with Crippen molar-refractivity contribution in [2.45, 2.75) is 13.8 Å². The van der Waals surface area contributed by atoms with Crippen LogP contribution in [0.2, 0.25) is 0 Å². The summed E-state index contributed by atoms with van der Waals surface area (Å²) in [6.45, 7) is 4.28. The predicted molar refractivity (Wildman–Crippen MR) is 136 cm³/mol. The van der Waals surface area contributed by atoms with E-state index >= 15 is 0 Å². The number of carbonyl (C=O) groups is 2. The van der Waals surface area contributed by atoms with Crippen molar-refractivity contribution < 1.29 is 37.8 Å². The van der Waals surface area contributed by atoms with E-state index in [9.17, 15) is 14.2 Å². The molecule has 3 aromatic carbocycles. The van der Waals surface area contributed by atoms with Crippen LogP contribution >= 0.6 is 7.80 Å². The molecule has 1 unspecified atom stereocenters. The van der Waals surface area contributed by atoms with Gasteiger partial charge in [0.15, 0.2) is 7.80 Å². The van der Waals surface area contributed by atoms with Gasteiger partial charge in [-0.15, -0.1) is 0 Å². The van der Waals surface area contributed by atoms with E-state index < -0.39 is 19.1 Å². The second-order valence-electron chi connectivity index (χ2n) is 7.35. The minimum absolute atomic E-state index is 0.00566. The van der Waals surface area contributed by atoms with Gasteiger partial charge in [0.1, 0.15) is 39.9 Å². The first-order chi connectivity index (χ1) is 17.4. The van der Waals surface area contributed by atoms with Crippen molar-refractivity contribution >= 4 is 24.4 Å². The largest absolute Gasteiger partial charge is 0.496 e. The minimum atomic E-state index is -2.74. The SMILES string of the molecule is CCOc1cccc(OCC)c1C(=O)c1ccccc1[P](=O)C(=O)c1c(OC)cc(OC)cc1OC. The molecule has 189 valence electrons. The Hall–Kier alpha value is -3.90. The fourth-order valence-corrected chi connectivity index (χ4v) is 4.95. The van der Waals surface area contributed by atoms with Crippen LogP contribution in [0, 0.1) is 0 Å². The van der Waals surface area contributed by atoms with Gasteiger partial charge < -0.3 is 23.7 Å². The number of carbonyl (C=O) groups excluding carboxylic acids is 2. The van der Waals surface area contributed by atoms with Crippen molar-refractivity contribution in [3.8, 4) is 28.7 Å². The molecular weight excluding hydrogens is 483 g/mol. The second kappa shape index (κ2) is 12.2. The van der Waals surface area contributed by atoms with Crippen LogP contribution in [-0.4, -0.2) is 45.9 Å². The molecule has 0 saturated carbocycles. The molecule has 1 atom stereocenters. The monoisotopic (exact) mass is 511 g/mol. The number of ether oxygens (including phenoxy) is 5. The maximum Gasteiger partial charge on any atom is 0.254 e. The molecule has 0 aromatic heterocycles. The summed E-state index contributed by atoms with van der Waals surface area (Å²) >= 11 is 0. The lowest BCUT2D eigenvalue weighted by Gasteiger charge is -2.16. The third-order valence-corrected chi connectivity index (χ3v) is 6.72. The van der Waals surface area contributed by atoms with Crippen LogP contribution in [-0.2, 0) is 4.57 Å². The van der Waals surface area contributed by atoms with Crippen LogP contribution in [0.3, 0.4) is 0 Å². The van der Waals surface area contributed by atoms with E-state index in [0.29, 0.717) is 30.5 Å². The first kappa shape index (κ1) is 26.7. The van der Waals surface area contributed by atoms with Crippen molar-refractivity contribution in [1.29, 1.82) is 0 Å². The third kappa shape index (κ3) is 5.34. The van der Waals surface area contributed by atoms with Crippen molar-refractivity contribution in [3.63, 3.8) is 0 Å². The van der Waals surface area contributed by atoms with E-state index in [0.717, 1.165) is 0 Å². The Labute approximate surface area is 210 Å². The molecule has 0 N–H and O–H groups in total. The highest BCUT2D eigenvalue weighted by Crippen LogP contribution is 2.41. The molecule has 3 aromatic rings. The molecule has 36 heavy (non-hydrogen) atoms. The highest BCUT2D eigenvalue weighted by atomic mass is 31.1. The van der Waals surface area contributed by atoms with Gasteiger partial charge in [-0.05, 0) is 38.1 Å². The molecule has 8 nitrogen and oxygen atoms in total. The van der Waals surface area contributed by atoms with E-state index in [1.807, 2.05) is 0 Å². The number of ketones is 1. The lowest BCUT2D eigenvalue weighted by Crippen LogP contribution is -2.18. The second-order valence-corrected chi connectivity index (χ2v) is 8.82. The van der Waals surface area contributed by atoms with E-state index in [1.54, 1.807) is 44.2 Å². The molecule has 0 aliphatic carbocycles. The Morgan fingerprint density at radius 2 is 1.28 bits per heavy atom. The van der Waals surface area contributed by atoms with Gasteiger partial charge in [-0.1, -0.05) is 18.2 Å². The van der Waals surface area contributed by atoms with Gasteiger partial charge in [0, 0.05) is 17.7 Å². The highest BCUT2D eigenvalue weighted by molar-refractivity contribution is 7.71. The van der Waals surface area contributed by atoms with Gasteiger partial charge in [-0.25, -0.2) is 0 Å². The summed E-state index contributed by atoms with van der Waals surface area (Å²) in [5.74, 6) is 0.893. The minimum Gasteiger partial charge on any atom is -0.496 e. The van der Waals surface area contributed by atoms with Crippen LogP contribution in [0.4, 0.5) is 0 Å². The number of hydrogen-bond donors (Lipinski definition) is 0. The van der Waals surface area contributed by atoms with E-state index in [-0.39, 0.29) is 33.5 Å². The zero-order valence-corrected chi connectivity index (χ0v) is 21.7. The maximum atomic E-state index is 13.8. The smallest absolute Gasteiger partial charge is 0.254 e. The van der Waals surface area contributed by atoms with E-state index in [1.165, 1.54) is 45.6 Å². The maximum absolute atomic E-state index is 13.8. The van der Waals surface area contributed by atoms with Crippen molar-refractivity contribution in [2.75, 3.05) is 34.5 Å². The van der Waals surface area contributed by atoms with Gasteiger partial charge >= 0.3 is 0 Å². The fraction of sp³-hybridized carbons (Fsp3) is 0.259. The van der Waals surface area contributed by atoms with E-state index in [4.69, 9.17) is 23.7 Å². The molecular formula is C27H28O8P. The van der Waals surface area contributed by atoms with Gasteiger partial charge in [-0.3, -0.25) is 14.2 Å². The standard InChI is InChI=1S/C27H28O8P/c1-6-34-19-12-10-13-20(35-7-2)24(19)26(28)18-11-8-9-14-23(18)36(30)27(29)25-21(32-4)15-17(31-3)16-22(25)33-5/h8-16H,6-7H2,1-5H3. The molecule has 1 radical (unpaired) electrons. The molecule has 0 spiro atoms. The molecule has 0 amide bonds. The molecule has 0 aliphatic rings. The Morgan fingerprint density at radius 1 is 0.722 bits per heavy atom. The Kier molecular flexibility index (Phi) is 9.03. The first-order valence-electron chi connectivity index (χ1n) is 11.3. The number of hydrogen-bond acceptors (Lipinski definition) is 8. The van der Waals surface area contributed by atoms with Crippen LogP contribution < -0.4 is 29.0 Å². The summed E-state index contributed by atoms with van der Waals surface area (Å²) in [5, 5.41) is 0.0798. The zero-order valence-electron chi connectivity index (χ0n) is 20.8. The number of methoxy groups -OCH3 is 3. The summed E-state index contributed by atoms with van der Waals surface area (Å²) in [5.41, 5.74) is -0.450. The van der Waals surface area contributed by atoms with Crippen LogP contribution in [0.15, 0.2) is 54.6 Å². The summed E-state index contributed by atoms with van der Waals surface area (Å²) in [4.78, 5) is 27.3. The van der Waals surface area contributed by atoms with Gasteiger partial charge in [0.2, 0.25) is 5.78 Å².